The van der Waals surface area contributed by atoms with Crippen molar-refractivity contribution in [3.05, 3.63) is 0 Å². The summed E-state index contributed by atoms with van der Waals surface area (Å²) in [6.45, 7) is 8.22. The van der Waals surface area contributed by atoms with Crippen molar-refractivity contribution in [2.24, 2.45) is 5.41 Å². The van der Waals surface area contributed by atoms with Crippen LogP contribution in [-0.4, -0.2) is 25.0 Å². The highest BCUT2D eigenvalue weighted by molar-refractivity contribution is 5.76. The van der Waals surface area contributed by atoms with Gasteiger partial charge in [-0.3, -0.25) is 4.79 Å². The second-order valence-electron chi connectivity index (χ2n) is 5.67. The molecule has 0 radical (unpaired) electrons. The largest absolute Gasteiger partial charge is 0.356 e. The van der Waals surface area contributed by atoms with E-state index < -0.39 is 0 Å². The number of carbonyl (C=O) groups excluding carboxylic acids is 1. The fourth-order valence-corrected chi connectivity index (χ4v) is 1.93. The van der Waals surface area contributed by atoms with E-state index in [1.54, 1.807) is 0 Å². The van der Waals surface area contributed by atoms with Crippen LogP contribution in [0.15, 0.2) is 0 Å². The van der Waals surface area contributed by atoms with Gasteiger partial charge < -0.3 is 10.6 Å². The van der Waals surface area contributed by atoms with Crippen LogP contribution in [0.3, 0.4) is 0 Å². The molecule has 0 aromatic heterocycles. The third-order valence-electron chi connectivity index (χ3n) is 2.67. The summed E-state index contributed by atoms with van der Waals surface area (Å²) in [6.07, 6.45) is 4.22. The van der Waals surface area contributed by atoms with Gasteiger partial charge in [0.05, 0.1) is 0 Å². The summed E-state index contributed by atoms with van der Waals surface area (Å²) >= 11 is 0. The smallest absolute Gasteiger partial charge is 0.220 e. The summed E-state index contributed by atoms with van der Waals surface area (Å²) in [7, 11) is 0. The van der Waals surface area contributed by atoms with Gasteiger partial charge in [-0.2, -0.15) is 0 Å². The Balaban J connectivity index is 2.06. The van der Waals surface area contributed by atoms with Gasteiger partial charge in [0.15, 0.2) is 0 Å². The second kappa shape index (κ2) is 5.50. The van der Waals surface area contributed by atoms with Crippen molar-refractivity contribution in [3.63, 3.8) is 0 Å². The van der Waals surface area contributed by atoms with Gasteiger partial charge in [-0.15, -0.1) is 0 Å². The zero-order chi connectivity index (χ0) is 11.3. The van der Waals surface area contributed by atoms with E-state index in [9.17, 15) is 4.79 Å². The summed E-state index contributed by atoms with van der Waals surface area (Å²) in [5.41, 5.74) is 0.0929. The summed E-state index contributed by atoms with van der Waals surface area (Å²) in [5, 5.41) is 6.41. The number of hydrogen-bond acceptors (Lipinski definition) is 2. The molecular formula is C12H24N2O. The molecule has 1 fully saturated rings. The topological polar surface area (TPSA) is 41.1 Å². The van der Waals surface area contributed by atoms with Gasteiger partial charge in [0.1, 0.15) is 0 Å². The van der Waals surface area contributed by atoms with E-state index in [1.807, 2.05) is 0 Å². The average molecular weight is 212 g/mol. The van der Waals surface area contributed by atoms with Gasteiger partial charge in [0.2, 0.25) is 5.91 Å². The Morgan fingerprint density at radius 2 is 2.20 bits per heavy atom. The Bertz CT molecular complexity index is 202. The molecule has 88 valence electrons. The molecule has 0 saturated carbocycles. The predicted molar refractivity (Wildman–Crippen MR) is 62.7 cm³/mol. The highest BCUT2D eigenvalue weighted by atomic mass is 16.1. The van der Waals surface area contributed by atoms with Crippen LogP contribution in [-0.2, 0) is 4.79 Å². The summed E-state index contributed by atoms with van der Waals surface area (Å²) < 4.78 is 0. The standard InChI is InChI=1S/C12H24N2O/c1-12(2,3)9-11(15)14-8-6-10-5-4-7-13-10/h10,13H,4-9H2,1-3H3,(H,14,15)/t10-/m1/s1. The van der Waals surface area contributed by atoms with E-state index in [0.29, 0.717) is 12.5 Å². The SMILES string of the molecule is CC(C)(C)CC(=O)NCC[C@H]1CCCN1. The Kier molecular flexibility index (Phi) is 4.58. The fraction of sp³-hybridized carbons (Fsp3) is 0.917. The lowest BCUT2D eigenvalue weighted by molar-refractivity contribution is -0.122. The van der Waals surface area contributed by atoms with E-state index in [0.717, 1.165) is 19.5 Å². The summed E-state index contributed by atoms with van der Waals surface area (Å²) in [5.74, 6) is 0.181. The van der Waals surface area contributed by atoms with Gasteiger partial charge in [0.25, 0.3) is 0 Å². The molecule has 1 rings (SSSR count). The molecule has 15 heavy (non-hydrogen) atoms. The van der Waals surface area contributed by atoms with Gasteiger partial charge >= 0.3 is 0 Å². The zero-order valence-corrected chi connectivity index (χ0v) is 10.2. The van der Waals surface area contributed by atoms with E-state index >= 15 is 0 Å². The van der Waals surface area contributed by atoms with E-state index in [-0.39, 0.29) is 11.3 Å². The minimum Gasteiger partial charge on any atom is -0.356 e. The minimum absolute atomic E-state index is 0.0929. The number of carbonyl (C=O) groups is 1. The molecule has 2 N–H and O–H groups in total. The van der Waals surface area contributed by atoms with Crippen molar-refractivity contribution in [1.82, 2.24) is 10.6 Å². The van der Waals surface area contributed by atoms with Crippen LogP contribution in [0.5, 0.6) is 0 Å². The van der Waals surface area contributed by atoms with Gasteiger partial charge in [-0.05, 0) is 31.2 Å². The first-order chi connectivity index (χ1) is 6.97. The molecule has 1 amide bonds. The maximum Gasteiger partial charge on any atom is 0.220 e. The lowest BCUT2D eigenvalue weighted by Gasteiger charge is -2.18. The molecule has 0 unspecified atom stereocenters. The number of amides is 1. The van der Waals surface area contributed by atoms with Crippen molar-refractivity contribution in [1.29, 1.82) is 0 Å². The monoisotopic (exact) mass is 212 g/mol. The van der Waals surface area contributed by atoms with Crippen LogP contribution in [0, 0.1) is 5.41 Å². The van der Waals surface area contributed by atoms with Crippen LogP contribution in [0.25, 0.3) is 0 Å². The van der Waals surface area contributed by atoms with Crippen LogP contribution in [0.1, 0.15) is 46.5 Å². The average Bonchev–Trinajstić information content (AvgIpc) is 2.53. The Labute approximate surface area is 93.0 Å². The molecular weight excluding hydrogens is 188 g/mol. The Morgan fingerprint density at radius 3 is 2.73 bits per heavy atom. The predicted octanol–water partition coefficient (Wildman–Crippen LogP) is 1.68. The first-order valence-electron chi connectivity index (χ1n) is 5.97. The first-order valence-corrected chi connectivity index (χ1v) is 5.97. The van der Waals surface area contributed by atoms with Gasteiger partial charge in [-0.1, -0.05) is 20.8 Å². The maximum atomic E-state index is 11.5. The van der Waals surface area contributed by atoms with Crippen molar-refractivity contribution < 1.29 is 4.79 Å². The number of rotatable bonds is 4. The van der Waals surface area contributed by atoms with Crippen molar-refractivity contribution >= 4 is 5.91 Å². The Hall–Kier alpha value is -0.570. The normalized spacial score (nSPS) is 21.7. The third kappa shape index (κ3) is 5.78. The molecule has 1 aliphatic heterocycles. The molecule has 1 aliphatic rings. The van der Waals surface area contributed by atoms with E-state index in [1.165, 1.54) is 12.8 Å². The van der Waals surface area contributed by atoms with Crippen molar-refractivity contribution in [3.8, 4) is 0 Å². The molecule has 3 heteroatoms. The summed E-state index contributed by atoms with van der Waals surface area (Å²) in [4.78, 5) is 11.5. The molecule has 1 heterocycles. The van der Waals surface area contributed by atoms with Crippen molar-refractivity contribution in [2.75, 3.05) is 13.1 Å². The van der Waals surface area contributed by atoms with Crippen LogP contribution >= 0.6 is 0 Å². The number of nitrogens with one attached hydrogen (secondary N) is 2. The van der Waals surface area contributed by atoms with Crippen molar-refractivity contribution in [2.45, 2.75) is 52.5 Å². The third-order valence-corrected chi connectivity index (χ3v) is 2.67. The molecule has 0 spiro atoms. The van der Waals surface area contributed by atoms with Gasteiger partial charge in [0, 0.05) is 19.0 Å². The van der Waals surface area contributed by atoms with Gasteiger partial charge in [-0.25, -0.2) is 0 Å². The van der Waals surface area contributed by atoms with Crippen LogP contribution < -0.4 is 10.6 Å². The number of hydrogen-bond donors (Lipinski definition) is 2. The van der Waals surface area contributed by atoms with Crippen LogP contribution in [0.4, 0.5) is 0 Å². The highest BCUT2D eigenvalue weighted by Crippen LogP contribution is 2.17. The van der Waals surface area contributed by atoms with E-state index in [2.05, 4.69) is 31.4 Å². The molecule has 1 atom stereocenters. The fourth-order valence-electron chi connectivity index (χ4n) is 1.93. The summed E-state index contributed by atoms with van der Waals surface area (Å²) in [6, 6.07) is 0.625. The molecule has 0 aliphatic carbocycles. The van der Waals surface area contributed by atoms with E-state index in [4.69, 9.17) is 0 Å². The zero-order valence-electron chi connectivity index (χ0n) is 10.2. The maximum absolute atomic E-state index is 11.5. The quantitative estimate of drug-likeness (QED) is 0.744. The molecule has 0 aromatic carbocycles. The Morgan fingerprint density at radius 1 is 1.47 bits per heavy atom. The molecule has 0 aromatic rings. The first kappa shape index (κ1) is 12.5. The molecule has 1 saturated heterocycles. The molecule has 3 nitrogen and oxygen atoms in total. The lowest BCUT2D eigenvalue weighted by atomic mass is 9.92. The second-order valence-corrected chi connectivity index (χ2v) is 5.67. The molecule has 0 bridgehead atoms. The minimum atomic E-state index is 0.0929. The highest BCUT2D eigenvalue weighted by Gasteiger charge is 2.17. The van der Waals surface area contributed by atoms with Crippen LogP contribution in [0.2, 0.25) is 0 Å². The lowest BCUT2D eigenvalue weighted by Crippen LogP contribution is -2.32.